The molecule has 0 bridgehead atoms. The second-order valence-electron chi connectivity index (χ2n) is 4.57. The summed E-state index contributed by atoms with van der Waals surface area (Å²) in [5, 5.41) is 0. The van der Waals surface area contributed by atoms with Crippen LogP contribution in [0.3, 0.4) is 0 Å². The lowest BCUT2D eigenvalue weighted by Crippen LogP contribution is -2.20. The molecule has 0 heterocycles. The van der Waals surface area contributed by atoms with E-state index in [0.29, 0.717) is 6.61 Å². The van der Waals surface area contributed by atoms with Gasteiger partial charge in [-0.15, -0.1) is 0 Å². The maximum atomic E-state index is 5.88. The van der Waals surface area contributed by atoms with Crippen LogP contribution in [0.2, 0.25) is 0 Å². The van der Waals surface area contributed by atoms with Crippen LogP contribution >= 0.6 is 0 Å². The fourth-order valence-electron chi connectivity index (χ4n) is 1.43. The lowest BCUT2D eigenvalue weighted by atomic mass is 10.1. The highest BCUT2D eigenvalue weighted by Crippen LogP contribution is 2.15. The lowest BCUT2D eigenvalue weighted by molar-refractivity contribution is 0.00696. The van der Waals surface area contributed by atoms with Crippen LogP contribution in [0.5, 0.6) is 0 Å². The van der Waals surface area contributed by atoms with Crippen LogP contribution in [0.15, 0.2) is 42.5 Å². The standard InChI is InChI=1S/C15H22O/c1-4-5-9-12-15(2,3)16-13-14-10-7-6-8-11-14/h6-12H,4-5,13H2,1-3H3. The van der Waals surface area contributed by atoms with Gasteiger partial charge >= 0.3 is 0 Å². The fourth-order valence-corrected chi connectivity index (χ4v) is 1.43. The van der Waals surface area contributed by atoms with E-state index >= 15 is 0 Å². The summed E-state index contributed by atoms with van der Waals surface area (Å²) in [7, 11) is 0. The highest BCUT2D eigenvalue weighted by atomic mass is 16.5. The largest absolute Gasteiger partial charge is 0.367 e. The van der Waals surface area contributed by atoms with Crippen LogP contribution in [0.25, 0.3) is 0 Å². The molecule has 0 saturated heterocycles. The summed E-state index contributed by atoms with van der Waals surface area (Å²) in [5.41, 5.74) is 1.05. The molecule has 0 amide bonds. The van der Waals surface area contributed by atoms with Crippen molar-refractivity contribution in [2.75, 3.05) is 0 Å². The first-order valence-electron chi connectivity index (χ1n) is 5.99. The SMILES string of the molecule is CCCC=CC(C)(C)OCc1ccccc1. The minimum absolute atomic E-state index is 0.176. The second-order valence-corrected chi connectivity index (χ2v) is 4.57. The topological polar surface area (TPSA) is 9.23 Å². The van der Waals surface area contributed by atoms with E-state index in [-0.39, 0.29) is 5.60 Å². The average molecular weight is 218 g/mol. The molecule has 0 N–H and O–H groups in total. The van der Waals surface area contributed by atoms with Crippen LogP contribution in [0.4, 0.5) is 0 Å². The first-order valence-corrected chi connectivity index (χ1v) is 5.99. The number of allylic oxidation sites excluding steroid dienone is 1. The van der Waals surface area contributed by atoms with Gasteiger partial charge in [-0.2, -0.15) is 0 Å². The zero-order valence-corrected chi connectivity index (χ0v) is 10.6. The Hall–Kier alpha value is -1.08. The summed E-state index contributed by atoms with van der Waals surface area (Å²) < 4.78 is 5.88. The van der Waals surface area contributed by atoms with Gasteiger partial charge in [0.1, 0.15) is 0 Å². The molecule has 0 unspecified atom stereocenters. The van der Waals surface area contributed by atoms with Gasteiger partial charge in [-0.1, -0.05) is 55.8 Å². The smallest absolute Gasteiger partial charge is 0.0810 e. The van der Waals surface area contributed by atoms with Gasteiger partial charge in [0.15, 0.2) is 0 Å². The molecular formula is C15H22O. The van der Waals surface area contributed by atoms with Crippen LogP contribution in [-0.4, -0.2) is 5.60 Å². The van der Waals surface area contributed by atoms with Crippen molar-refractivity contribution in [1.29, 1.82) is 0 Å². The normalized spacial score (nSPS) is 12.2. The van der Waals surface area contributed by atoms with Gasteiger partial charge in [-0.05, 0) is 25.8 Å². The predicted octanol–water partition coefficient (Wildman–Crippen LogP) is 4.34. The van der Waals surface area contributed by atoms with Gasteiger partial charge in [-0.3, -0.25) is 0 Å². The third-order valence-electron chi connectivity index (χ3n) is 2.43. The summed E-state index contributed by atoms with van der Waals surface area (Å²) in [6.45, 7) is 7.05. The van der Waals surface area contributed by atoms with Crippen LogP contribution in [0.1, 0.15) is 39.2 Å². The van der Waals surface area contributed by atoms with E-state index in [1.54, 1.807) is 0 Å². The summed E-state index contributed by atoms with van der Waals surface area (Å²) in [6, 6.07) is 10.3. The monoisotopic (exact) mass is 218 g/mol. The van der Waals surface area contributed by atoms with Crippen LogP contribution in [-0.2, 0) is 11.3 Å². The Labute approximate surface area is 99.1 Å². The molecular weight excluding hydrogens is 196 g/mol. The van der Waals surface area contributed by atoms with Crippen molar-refractivity contribution in [1.82, 2.24) is 0 Å². The Morgan fingerprint density at radius 2 is 1.88 bits per heavy atom. The highest BCUT2D eigenvalue weighted by molar-refractivity contribution is 5.13. The predicted molar refractivity (Wildman–Crippen MR) is 69.4 cm³/mol. The van der Waals surface area contributed by atoms with E-state index in [4.69, 9.17) is 4.74 Å². The number of hydrogen-bond acceptors (Lipinski definition) is 1. The Kier molecular flexibility index (Phi) is 5.27. The van der Waals surface area contributed by atoms with Crippen LogP contribution < -0.4 is 0 Å². The molecule has 0 aliphatic heterocycles. The summed E-state index contributed by atoms with van der Waals surface area (Å²) in [5.74, 6) is 0. The number of benzene rings is 1. The summed E-state index contributed by atoms with van der Waals surface area (Å²) in [6.07, 6.45) is 6.66. The van der Waals surface area contributed by atoms with E-state index in [1.165, 1.54) is 12.0 Å². The minimum Gasteiger partial charge on any atom is -0.367 e. The van der Waals surface area contributed by atoms with Crippen LogP contribution in [0, 0.1) is 0 Å². The maximum absolute atomic E-state index is 5.88. The van der Waals surface area contributed by atoms with Crippen molar-refractivity contribution < 1.29 is 4.74 Å². The molecule has 88 valence electrons. The maximum Gasteiger partial charge on any atom is 0.0810 e. The summed E-state index contributed by atoms with van der Waals surface area (Å²) in [4.78, 5) is 0. The zero-order chi connectivity index (χ0) is 11.9. The van der Waals surface area contributed by atoms with Gasteiger partial charge < -0.3 is 4.74 Å². The molecule has 0 fully saturated rings. The van der Waals surface area contributed by atoms with E-state index in [1.807, 2.05) is 18.2 Å². The molecule has 16 heavy (non-hydrogen) atoms. The minimum atomic E-state index is -0.176. The molecule has 0 atom stereocenters. The number of hydrogen-bond donors (Lipinski definition) is 0. The molecule has 1 heteroatoms. The van der Waals surface area contributed by atoms with Crippen molar-refractivity contribution in [2.45, 2.75) is 45.8 Å². The molecule has 1 aromatic carbocycles. The molecule has 0 spiro atoms. The van der Waals surface area contributed by atoms with Crippen molar-refractivity contribution in [3.05, 3.63) is 48.0 Å². The van der Waals surface area contributed by atoms with E-state index in [0.717, 1.165) is 6.42 Å². The number of ether oxygens (including phenoxy) is 1. The molecule has 0 radical (unpaired) electrons. The molecule has 0 aliphatic carbocycles. The molecule has 1 rings (SSSR count). The quantitative estimate of drug-likeness (QED) is 0.645. The Morgan fingerprint density at radius 1 is 1.19 bits per heavy atom. The zero-order valence-electron chi connectivity index (χ0n) is 10.6. The third-order valence-corrected chi connectivity index (χ3v) is 2.43. The Bertz CT molecular complexity index is 311. The van der Waals surface area contributed by atoms with Gasteiger partial charge in [-0.25, -0.2) is 0 Å². The van der Waals surface area contributed by atoms with Crippen molar-refractivity contribution in [3.8, 4) is 0 Å². The molecule has 0 aliphatic rings. The van der Waals surface area contributed by atoms with Crippen molar-refractivity contribution in [3.63, 3.8) is 0 Å². The van der Waals surface area contributed by atoms with Gasteiger partial charge in [0.2, 0.25) is 0 Å². The van der Waals surface area contributed by atoms with E-state index < -0.39 is 0 Å². The highest BCUT2D eigenvalue weighted by Gasteiger charge is 2.13. The lowest BCUT2D eigenvalue weighted by Gasteiger charge is -2.21. The average Bonchev–Trinajstić information content (AvgIpc) is 2.28. The molecule has 0 aromatic heterocycles. The van der Waals surface area contributed by atoms with E-state index in [9.17, 15) is 0 Å². The first kappa shape index (κ1) is 13.0. The first-order chi connectivity index (χ1) is 7.64. The number of rotatable bonds is 6. The van der Waals surface area contributed by atoms with Crippen molar-refractivity contribution >= 4 is 0 Å². The molecule has 0 saturated carbocycles. The molecule has 1 nitrogen and oxygen atoms in total. The third kappa shape index (κ3) is 5.13. The molecule has 1 aromatic rings. The Morgan fingerprint density at radius 3 is 2.50 bits per heavy atom. The van der Waals surface area contributed by atoms with E-state index in [2.05, 4.69) is 45.1 Å². The Balaban J connectivity index is 2.41. The van der Waals surface area contributed by atoms with Gasteiger partial charge in [0.25, 0.3) is 0 Å². The fraction of sp³-hybridized carbons (Fsp3) is 0.467. The summed E-state index contributed by atoms with van der Waals surface area (Å²) >= 11 is 0. The van der Waals surface area contributed by atoms with Crippen molar-refractivity contribution in [2.24, 2.45) is 0 Å². The number of unbranched alkanes of at least 4 members (excludes halogenated alkanes) is 1. The van der Waals surface area contributed by atoms with Gasteiger partial charge in [0.05, 0.1) is 12.2 Å². The van der Waals surface area contributed by atoms with Gasteiger partial charge in [0, 0.05) is 0 Å². The second kappa shape index (κ2) is 6.49.